The molecule has 0 amide bonds. The smallest absolute Gasteiger partial charge is 0.152 e. The van der Waals surface area contributed by atoms with E-state index in [-0.39, 0.29) is 0 Å². The van der Waals surface area contributed by atoms with Gasteiger partial charge in [0.05, 0.1) is 11.7 Å². The van der Waals surface area contributed by atoms with E-state index in [1.54, 1.807) is 12.4 Å². The summed E-state index contributed by atoms with van der Waals surface area (Å²) >= 11 is 3.42. The normalized spacial score (nSPS) is 10.7. The lowest BCUT2D eigenvalue weighted by molar-refractivity contribution is 0.295. The fourth-order valence-corrected chi connectivity index (χ4v) is 2.23. The molecule has 1 aromatic carbocycles. The van der Waals surface area contributed by atoms with Gasteiger partial charge in [-0.25, -0.2) is 4.98 Å². The average molecular weight is 304 g/mol. The summed E-state index contributed by atoms with van der Waals surface area (Å²) in [5, 5.41) is 0. The molecule has 0 aliphatic carbocycles. The van der Waals surface area contributed by atoms with Crippen molar-refractivity contribution in [1.82, 2.24) is 14.4 Å². The number of hydrogen-bond acceptors (Lipinski definition) is 3. The third-order valence-corrected chi connectivity index (χ3v) is 3.17. The van der Waals surface area contributed by atoms with E-state index < -0.39 is 0 Å². The van der Waals surface area contributed by atoms with Gasteiger partial charge in [-0.3, -0.25) is 9.38 Å². The van der Waals surface area contributed by atoms with Crippen LogP contribution in [0.5, 0.6) is 5.75 Å². The van der Waals surface area contributed by atoms with Gasteiger partial charge >= 0.3 is 0 Å². The number of aromatic nitrogens is 3. The van der Waals surface area contributed by atoms with E-state index in [1.165, 1.54) is 0 Å². The first-order valence-electron chi connectivity index (χ1n) is 5.49. The maximum absolute atomic E-state index is 5.69. The van der Waals surface area contributed by atoms with Gasteiger partial charge in [0.1, 0.15) is 17.0 Å². The zero-order valence-electron chi connectivity index (χ0n) is 9.45. The summed E-state index contributed by atoms with van der Waals surface area (Å²) in [7, 11) is 0. The summed E-state index contributed by atoms with van der Waals surface area (Å²) < 4.78 is 8.43. The molecule has 0 N–H and O–H groups in total. The predicted octanol–water partition coefficient (Wildman–Crippen LogP) is 3.07. The van der Waals surface area contributed by atoms with Crippen LogP contribution in [0.25, 0.3) is 5.52 Å². The molecule has 0 aliphatic heterocycles. The number of ether oxygens (including phenoxy) is 1. The highest BCUT2D eigenvalue weighted by atomic mass is 79.9. The van der Waals surface area contributed by atoms with Gasteiger partial charge < -0.3 is 4.74 Å². The molecule has 2 aromatic heterocycles. The summed E-state index contributed by atoms with van der Waals surface area (Å²) in [4.78, 5) is 8.49. The van der Waals surface area contributed by atoms with Crippen molar-refractivity contribution in [3.63, 3.8) is 0 Å². The van der Waals surface area contributed by atoms with E-state index in [0.717, 1.165) is 21.7 Å². The molecule has 0 spiro atoms. The van der Waals surface area contributed by atoms with Gasteiger partial charge in [-0.15, -0.1) is 0 Å². The Balaban J connectivity index is 1.87. The van der Waals surface area contributed by atoms with E-state index in [4.69, 9.17) is 4.74 Å². The van der Waals surface area contributed by atoms with Crippen LogP contribution in [-0.4, -0.2) is 14.4 Å². The van der Waals surface area contributed by atoms with Crippen molar-refractivity contribution >= 4 is 21.4 Å². The van der Waals surface area contributed by atoms with Crippen LogP contribution >= 0.6 is 15.9 Å². The molecule has 4 nitrogen and oxygen atoms in total. The van der Waals surface area contributed by atoms with Crippen molar-refractivity contribution in [2.45, 2.75) is 6.61 Å². The van der Waals surface area contributed by atoms with Crippen LogP contribution in [0.1, 0.15) is 5.82 Å². The van der Waals surface area contributed by atoms with Crippen molar-refractivity contribution in [2.75, 3.05) is 0 Å². The first-order valence-corrected chi connectivity index (χ1v) is 6.28. The molecule has 0 aliphatic rings. The fraction of sp³-hybridized carbons (Fsp3) is 0.0769. The number of halogens is 1. The van der Waals surface area contributed by atoms with Crippen LogP contribution in [0.3, 0.4) is 0 Å². The molecule has 5 heteroatoms. The van der Waals surface area contributed by atoms with Crippen LogP contribution in [0, 0.1) is 0 Å². The Morgan fingerprint density at radius 1 is 1.22 bits per heavy atom. The molecule has 0 saturated heterocycles. The average Bonchev–Trinajstić information content (AvgIpc) is 2.75. The second kappa shape index (κ2) is 4.78. The fourth-order valence-electron chi connectivity index (χ4n) is 1.73. The number of nitrogens with zero attached hydrogens (tertiary/aromatic N) is 3. The highest BCUT2D eigenvalue weighted by Gasteiger charge is 2.08. The Kier molecular flexibility index (Phi) is 2.98. The highest BCUT2D eigenvalue weighted by Crippen LogP contribution is 2.19. The first kappa shape index (κ1) is 11.2. The van der Waals surface area contributed by atoms with Crippen LogP contribution in [0.4, 0.5) is 0 Å². The number of hydrogen-bond donors (Lipinski definition) is 0. The second-order valence-corrected chi connectivity index (χ2v) is 4.50. The van der Waals surface area contributed by atoms with Crippen molar-refractivity contribution < 1.29 is 4.74 Å². The number of benzene rings is 1. The third-order valence-electron chi connectivity index (χ3n) is 2.59. The number of rotatable bonds is 3. The Hall–Kier alpha value is -1.88. The molecule has 0 unspecified atom stereocenters. The molecule has 0 bridgehead atoms. The minimum absolute atomic E-state index is 0.417. The molecule has 3 aromatic rings. The molecule has 0 fully saturated rings. The minimum Gasteiger partial charge on any atom is -0.486 e. The van der Waals surface area contributed by atoms with Gasteiger partial charge in [0.2, 0.25) is 0 Å². The first-order chi connectivity index (χ1) is 8.84. The summed E-state index contributed by atoms with van der Waals surface area (Å²) in [6.45, 7) is 0.417. The molecule has 0 saturated carbocycles. The molecule has 90 valence electrons. The maximum Gasteiger partial charge on any atom is 0.152 e. The largest absolute Gasteiger partial charge is 0.486 e. The van der Waals surface area contributed by atoms with Gasteiger partial charge in [-0.2, -0.15) is 0 Å². The van der Waals surface area contributed by atoms with Crippen LogP contribution in [0.2, 0.25) is 0 Å². The highest BCUT2D eigenvalue weighted by molar-refractivity contribution is 9.10. The standard InChI is InChI=1S/C13H10BrN3O/c14-13-11-8-15-6-7-17(11)12(16-13)9-18-10-4-2-1-3-5-10/h1-8H,9H2. The SMILES string of the molecule is Brc1nc(COc2ccccc2)n2ccncc12. The summed E-state index contributed by atoms with van der Waals surface area (Å²) in [5.41, 5.74) is 0.934. The van der Waals surface area contributed by atoms with Gasteiger partial charge in [-0.1, -0.05) is 18.2 Å². The maximum atomic E-state index is 5.69. The van der Waals surface area contributed by atoms with Gasteiger partial charge in [-0.05, 0) is 28.1 Å². The summed E-state index contributed by atoms with van der Waals surface area (Å²) in [6, 6.07) is 9.69. The topological polar surface area (TPSA) is 39.4 Å². The molecule has 18 heavy (non-hydrogen) atoms. The Bertz CT molecular complexity index is 666. The molecule has 2 heterocycles. The Morgan fingerprint density at radius 3 is 2.89 bits per heavy atom. The number of fused-ring (bicyclic) bond motifs is 1. The van der Waals surface area contributed by atoms with E-state index in [9.17, 15) is 0 Å². The van der Waals surface area contributed by atoms with Crippen molar-refractivity contribution in [1.29, 1.82) is 0 Å². The number of para-hydroxylation sites is 1. The third kappa shape index (κ3) is 2.09. The van der Waals surface area contributed by atoms with Crippen molar-refractivity contribution in [3.8, 4) is 5.75 Å². The molecular formula is C13H10BrN3O. The lowest BCUT2D eigenvalue weighted by Gasteiger charge is -2.04. The van der Waals surface area contributed by atoms with E-state index in [2.05, 4.69) is 25.9 Å². The predicted molar refractivity (Wildman–Crippen MR) is 71.5 cm³/mol. The molecule has 3 rings (SSSR count). The van der Waals surface area contributed by atoms with Gasteiger partial charge in [0.25, 0.3) is 0 Å². The van der Waals surface area contributed by atoms with Gasteiger partial charge in [0.15, 0.2) is 5.82 Å². The van der Waals surface area contributed by atoms with E-state index in [0.29, 0.717) is 6.61 Å². The molecular weight excluding hydrogens is 294 g/mol. The van der Waals surface area contributed by atoms with Crippen molar-refractivity contribution in [3.05, 3.63) is 59.3 Å². The van der Waals surface area contributed by atoms with Gasteiger partial charge in [0, 0.05) is 12.4 Å². The monoisotopic (exact) mass is 303 g/mol. The van der Waals surface area contributed by atoms with Crippen LogP contribution in [0.15, 0.2) is 53.5 Å². The van der Waals surface area contributed by atoms with E-state index in [1.807, 2.05) is 40.9 Å². The zero-order valence-corrected chi connectivity index (χ0v) is 11.0. The Labute approximate surface area is 112 Å². The summed E-state index contributed by atoms with van der Waals surface area (Å²) in [5.74, 6) is 1.67. The van der Waals surface area contributed by atoms with E-state index >= 15 is 0 Å². The van der Waals surface area contributed by atoms with Crippen molar-refractivity contribution in [2.24, 2.45) is 0 Å². The summed E-state index contributed by atoms with van der Waals surface area (Å²) in [6.07, 6.45) is 5.37. The minimum atomic E-state index is 0.417. The lowest BCUT2D eigenvalue weighted by atomic mass is 10.3. The molecule has 0 radical (unpaired) electrons. The Morgan fingerprint density at radius 2 is 2.06 bits per heavy atom. The zero-order chi connectivity index (χ0) is 12.4. The number of imidazole rings is 1. The second-order valence-electron chi connectivity index (χ2n) is 3.75. The van der Waals surface area contributed by atoms with Crippen LogP contribution < -0.4 is 4.74 Å². The quantitative estimate of drug-likeness (QED) is 0.746. The van der Waals surface area contributed by atoms with Crippen LogP contribution in [-0.2, 0) is 6.61 Å². The molecule has 0 atom stereocenters. The lowest BCUT2D eigenvalue weighted by Crippen LogP contribution is -2.01.